The monoisotopic (exact) mass is 381 g/mol. The Morgan fingerprint density at radius 1 is 1.14 bits per heavy atom. The van der Waals surface area contributed by atoms with Crippen molar-refractivity contribution in [2.75, 3.05) is 41.8 Å². The summed E-state index contributed by atoms with van der Waals surface area (Å²) in [6.45, 7) is 4.91. The number of anilines is 4. The molecule has 10 heteroatoms. The lowest BCUT2D eigenvalue weighted by molar-refractivity contribution is 0.0991. The first-order chi connectivity index (χ1) is 13.7. The van der Waals surface area contributed by atoms with Gasteiger partial charge in [0.15, 0.2) is 0 Å². The Hall–Kier alpha value is -3.53. The van der Waals surface area contributed by atoms with Crippen LogP contribution in [-0.2, 0) is 4.74 Å². The lowest BCUT2D eigenvalue weighted by Gasteiger charge is -2.27. The minimum absolute atomic E-state index is 0.0871. The molecule has 1 aliphatic rings. The van der Waals surface area contributed by atoms with E-state index in [9.17, 15) is 4.79 Å². The van der Waals surface area contributed by atoms with Gasteiger partial charge in [0.05, 0.1) is 25.1 Å². The van der Waals surface area contributed by atoms with Crippen molar-refractivity contribution in [2.24, 2.45) is 0 Å². The van der Waals surface area contributed by atoms with Gasteiger partial charge in [-0.05, 0) is 36.8 Å². The molecule has 1 saturated heterocycles. The second-order valence-corrected chi connectivity index (χ2v) is 6.21. The summed E-state index contributed by atoms with van der Waals surface area (Å²) >= 11 is 0. The average molecular weight is 381 g/mol. The quantitative estimate of drug-likeness (QED) is 0.684. The van der Waals surface area contributed by atoms with Gasteiger partial charge in [-0.1, -0.05) is 5.10 Å². The molecule has 10 nitrogen and oxygen atoms in total. The number of nitrogens with zero attached hydrogens (tertiary/aromatic N) is 5. The number of rotatable bonds is 5. The van der Waals surface area contributed by atoms with E-state index in [-0.39, 0.29) is 11.9 Å². The molecule has 28 heavy (non-hydrogen) atoms. The van der Waals surface area contributed by atoms with E-state index < -0.39 is 5.91 Å². The van der Waals surface area contributed by atoms with E-state index in [0.717, 1.165) is 24.5 Å². The van der Waals surface area contributed by atoms with Gasteiger partial charge in [0.2, 0.25) is 0 Å². The van der Waals surface area contributed by atoms with Gasteiger partial charge in [-0.25, -0.2) is 9.97 Å². The zero-order valence-corrected chi connectivity index (χ0v) is 15.3. The van der Waals surface area contributed by atoms with Crippen molar-refractivity contribution in [2.45, 2.75) is 6.92 Å². The van der Waals surface area contributed by atoms with E-state index in [1.165, 1.54) is 0 Å². The van der Waals surface area contributed by atoms with Crippen LogP contribution in [0.5, 0.6) is 0 Å². The van der Waals surface area contributed by atoms with Gasteiger partial charge in [0.25, 0.3) is 0 Å². The summed E-state index contributed by atoms with van der Waals surface area (Å²) in [6, 6.07) is 7.42. The number of amides is 1. The fraction of sp³-hybridized carbons (Fsp3) is 0.278. The molecule has 0 unspecified atom stereocenters. The number of ether oxygens (including phenoxy) is 1. The fourth-order valence-corrected chi connectivity index (χ4v) is 2.70. The molecule has 0 saturated carbocycles. The van der Waals surface area contributed by atoms with Gasteiger partial charge in [-0.3, -0.25) is 10.1 Å². The van der Waals surface area contributed by atoms with Crippen molar-refractivity contribution in [1.29, 1.82) is 0 Å². The van der Waals surface area contributed by atoms with Crippen LogP contribution in [0.15, 0.2) is 41.1 Å². The van der Waals surface area contributed by atoms with Gasteiger partial charge in [0.1, 0.15) is 11.6 Å². The highest BCUT2D eigenvalue weighted by Crippen LogP contribution is 2.17. The molecule has 4 rings (SSSR count). The van der Waals surface area contributed by atoms with E-state index >= 15 is 0 Å². The molecule has 3 aromatic heterocycles. The van der Waals surface area contributed by atoms with Gasteiger partial charge in [0, 0.05) is 19.3 Å². The summed E-state index contributed by atoms with van der Waals surface area (Å²) in [5, 5.41) is 13.1. The largest absolute Gasteiger partial charge is 0.399 e. The Balaban J connectivity index is 1.37. The SMILES string of the molecule is Cc1ccnc(Nc2nnc(C(=O)Nc3ccc(N4CCOCC4)nc3)o2)c1. The topological polar surface area (TPSA) is 118 Å². The first-order valence-electron chi connectivity index (χ1n) is 8.81. The van der Waals surface area contributed by atoms with Crippen LogP contribution >= 0.6 is 0 Å². The van der Waals surface area contributed by atoms with Crippen LogP contribution in [0.25, 0.3) is 0 Å². The van der Waals surface area contributed by atoms with Crippen molar-refractivity contribution < 1.29 is 13.9 Å². The lowest BCUT2D eigenvalue weighted by Crippen LogP contribution is -2.36. The number of hydrogen-bond donors (Lipinski definition) is 2. The highest BCUT2D eigenvalue weighted by molar-refractivity contribution is 6.00. The molecule has 2 N–H and O–H groups in total. The molecular weight excluding hydrogens is 362 g/mol. The normalized spacial score (nSPS) is 14.0. The van der Waals surface area contributed by atoms with Gasteiger partial charge >= 0.3 is 17.8 Å². The standard InChI is InChI=1S/C18H19N7O3/c1-12-4-5-19-14(10-12)22-18-24-23-17(28-18)16(26)21-13-2-3-15(20-11-13)25-6-8-27-9-7-25/h2-5,10-11H,6-9H2,1H3,(H,21,26)(H,19,22,24). The molecule has 0 atom stereocenters. The highest BCUT2D eigenvalue weighted by Gasteiger charge is 2.17. The summed E-state index contributed by atoms with van der Waals surface area (Å²) in [6.07, 6.45) is 3.25. The van der Waals surface area contributed by atoms with Crippen molar-refractivity contribution in [1.82, 2.24) is 20.2 Å². The first kappa shape index (κ1) is 17.9. The molecule has 0 spiro atoms. The Kier molecular flexibility index (Phi) is 5.11. The van der Waals surface area contributed by atoms with Crippen LogP contribution in [0.1, 0.15) is 16.2 Å². The van der Waals surface area contributed by atoms with Gasteiger partial charge in [-0.2, -0.15) is 0 Å². The maximum absolute atomic E-state index is 12.3. The molecule has 1 fully saturated rings. The predicted octanol–water partition coefficient (Wildman–Crippen LogP) is 2.00. The average Bonchev–Trinajstić information content (AvgIpc) is 3.18. The number of carbonyl (C=O) groups is 1. The number of hydrogen-bond acceptors (Lipinski definition) is 9. The third kappa shape index (κ3) is 4.23. The van der Waals surface area contributed by atoms with Crippen LogP contribution in [0.4, 0.5) is 23.3 Å². The zero-order valence-electron chi connectivity index (χ0n) is 15.3. The van der Waals surface area contributed by atoms with Crippen molar-refractivity contribution in [3.63, 3.8) is 0 Å². The Morgan fingerprint density at radius 3 is 2.75 bits per heavy atom. The molecule has 0 aromatic carbocycles. The molecule has 0 bridgehead atoms. The molecule has 3 aromatic rings. The maximum Gasteiger partial charge on any atom is 0.321 e. The van der Waals surface area contributed by atoms with Gasteiger partial charge in [-0.15, -0.1) is 5.10 Å². The van der Waals surface area contributed by atoms with Crippen LogP contribution in [0.3, 0.4) is 0 Å². The van der Waals surface area contributed by atoms with Gasteiger partial charge < -0.3 is 19.4 Å². The molecule has 144 valence electrons. The van der Waals surface area contributed by atoms with Crippen LogP contribution in [0, 0.1) is 6.92 Å². The molecular formula is C18H19N7O3. The summed E-state index contributed by atoms with van der Waals surface area (Å²) in [7, 11) is 0. The Labute approximate surface area is 161 Å². The van der Waals surface area contributed by atoms with E-state index in [0.29, 0.717) is 24.7 Å². The molecule has 1 amide bonds. The molecule has 0 radical (unpaired) electrons. The first-order valence-corrected chi connectivity index (χ1v) is 8.81. The fourth-order valence-electron chi connectivity index (χ4n) is 2.70. The highest BCUT2D eigenvalue weighted by atomic mass is 16.5. The maximum atomic E-state index is 12.3. The van der Waals surface area contributed by atoms with Crippen molar-refractivity contribution in [3.8, 4) is 0 Å². The third-order valence-electron chi connectivity index (χ3n) is 4.11. The summed E-state index contributed by atoms with van der Waals surface area (Å²) < 4.78 is 10.7. The smallest absolute Gasteiger partial charge is 0.321 e. The predicted molar refractivity (Wildman–Crippen MR) is 102 cm³/mol. The third-order valence-corrected chi connectivity index (χ3v) is 4.11. The number of pyridine rings is 2. The van der Waals surface area contributed by atoms with Crippen LogP contribution in [-0.4, -0.2) is 52.4 Å². The van der Waals surface area contributed by atoms with E-state index in [1.807, 2.05) is 25.1 Å². The van der Waals surface area contributed by atoms with Crippen LogP contribution in [0.2, 0.25) is 0 Å². The molecule has 1 aliphatic heterocycles. The number of nitrogens with one attached hydrogen (secondary N) is 2. The van der Waals surface area contributed by atoms with Crippen molar-refractivity contribution in [3.05, 3.63) is 48.1 Å². The summed E-state index contributed by atoms with van der Waals surface area (Å²) in [5.74, 6) is 0.723. The zero-order chi connectivity index (χ0) is 19.3. The second kappa shape index (κ2) is 8.01. The minimum atomic E-state index is -0.515. The number of aromatic nitrogens is 4. The molecule has 0 aliphatic carbocycles. The summed E-state index contributed by atoms with van der Waals surface area (Å²) in [5.41, 5.74) is 1.57. The Bertz CT molecular complexity index is 952. The van der Waals surface area contributed by atoms with E-state index in [1.54, 1.807) is 18.5 Å². The van der Waals surface area contributed by atoms with Crippen molar-refractivity contribution >= 4 is 29.2 Å². The lowest BCUT2D eigenvalue weighted by atomic mass is 10.3. The molecule has 4 heterocycles. The summed E-state index contributed by atoms with van der Waals surface area (Å²) in [4.78, 5) is 23.0. The number of carbonyl (C=O) groups excluding carboxylic acids is 1. The number of aryl methyl sites for hydroxylation is 1. The van der Waals surface area contributed by atoms with E-state index in [4.69, 9.17) is 9.15 Å². The Morgan fingerprint density at radius 2 is 2.00 bits per heavy atom. The second-order valence-electron chi connectivity index (χ2n) is 6.21. The van der Waals surface area contributed by atoms with Crippen LogP contribution < -0.4 is 15.5 Å². The van der Waals surface area contributed by atoms with E-state index in [2.05, 4.69) is 35.7 Å². The minimum Gasteiger partial charge on any atom is -0.399 e. The number of morpholine rings is 1.